The van der Waals surface area contributed by atoms with Gasteiger partial charge in [0, 0.05) is 15.6 Å². The summed E-state index contributed by atoms with van der Waals surface area (Å²) in [4.78, 5) is 12.8. The molecule has 0 heterocycles. The first kappa shape index (κ1) is 16.5. The van der Waals surface area contributed by atoms with Gasteiger partial charge in [0.15, 0.2) is 0 Å². The molecule has 1 amide bonds. The van der Waals surface area contributed by atoms with Crippen molar-refractivity contribution >= 4 is 46.3 Å². The van der Waals surface area contributed by atoms with Gasteiger partial charge in [0.05, 0.1) is 10.5 Å². The van der Waals surface area contributed by atoms with Crippen molar-refractivity contribution in [3.8, 4) is 0 Å². The molecule has 2 rings (SSSR count). The highest BCUT2D eigenvalue weighted by Gasteiger charge is 2.38. The van der Waals surface area contributed by atoms with Gasteiger partial charge in [-0.25, -0.2) is 0 Å². The Balaban J connectivity index is 2.21. The van der Waals surface area contributed by atoms with E-state index in [0.717, 1.165) is 25.7 Å². The van der Waals surface area contributed by atoms with Gasteiger partial charge >= 0.3 is 0 Å². The Kier molecular flexibility index (Phi) is 5.12. The van der Waals surface area contributed by atoms with Gasteiger partial charge in [0.2, 0.25) is 0 Å². The zero-order valence-corrected chi connectivity index (χ0v) is 14.1. The fourth-order valence-corrected chi connectivity index (χ4v) is 3.44. The molecule has 1 saturated carbocycles. The van der Waals surface area contributed by atoms with E-state index in [0.29, 0.717) is 26.5 Å². The fraction of sp³-hybridized carbons (Fsp3) is 0.467. The number of benzene rings is 1. The largest absolute Gasteiger partial charge is 0.391 e. The zero-order chi connectivity index (χ0) is 15.6. The number of amides is 1. The lowest BCUT2D eigenvalue weighted by Gasteiger charge is -2.39. The van der Waals surface area contributed by atoms with Gasteiger partial charge in [0.1, 0.15) is 0 Å². The Morgan fingerprint density at radius 3 is 2.29 bits per heavy atom. The number of rotatable bonds is 3. The number of hydrogen-bond donors (Lipinski definition) is 2. The first-order valence-corrected chi connectivity index (χ1v) is 8.07. The monoisotopic (exact) mass is 344 g/mol. The van der Waals surface area contributed by atoms with E-state index >= 15 is 0 Å². The van der Waals surface area contributed by atoms with Crippen LogP contribution in [0.4, 0.5) is 0 Å². The second kappa shape index (κ2) is 6.51. The van der Waals surface area contributed by atoms with Crippen molar-refractivity contribution in [2.45, 2.75) is 38.1 Å². The van der Waals surface area contributed by atoms with E-state index in [4.69, 9.17) is 41.2 Å². The molecule has 0 unspecified atom stereocenters. The van der Waals surface area contributed by atoms with E-state index < -0.39 is 5.54 Å². The molecule has 3 N–H and O–H groups in total. The first-order valence-electron chi connectivity index (χ1n) is 6.91. The number of nitrogens with two attached hydrogens (primary N) is 1. The van der Waals surface area contributed by atoms with E-state index in [1.54, 1.807) is 18.2 Å². The van der Waals surface area contributed by atoms with Gasteiger partial charge in [-0.05, 0) is 49.8 Å². The normalized spacial score (nSPS) is 25.4. The van der Waals surface area contributed by atoms with Crippen LogP contribution in [0.5, 0.6) is 0 Å². The summed E-state index contributed by atoms with van der Waals surface area (Å²) >= 11 is 17.1. The number of carbonyl (C=O) groups is 1. The van der Waals surface area contributed by atoms with Crippen LogP contribution in [0.25, 0.3) is 0 Å². The highest BCUT2D eigenvalue weighted by Crippen LogP contribution is 2.32. The van der Waals surface area contributed by atoms with Crippen LogP contribution in [0.15, 0.2) is 18.2 Å². The third kappa shape index (κ3) is 3.87. The van der Waals surface area contributed by atoms with Crippen LogP contribution in [-0.2, 0) is 0 Å². The Morgan fingerprint density at radius 1 is 1.29 bits per heavy atom. The minimum Gasteiger partial charge on any atom is -0.391 e. The second-order valence-electron chi connectivity index (χ2n) is 5.74. The van der Waals surface area contributed by atoms with E-state index in [2.05, 4.69) is 12.2 Å². The molecule has 21 heavy (non-hydrogen) atoms. The molecular weight excluding hydrogens is 327 g/mol. The molecule has 0 radical (unpaired) electrons. The van der Waals surface area contributed by atoms with Crippen molar-refractivity contribution in [2.24, 2.45) is 11.7 Å². The van der Waals surface area contributed by atoms with E-state index in [1.165, 1.54) is 0 Å². The van der Waals surface area contributed by atoms with E-state index in [1.807, 2.05) is 0 Å². The average Bonchev–Trinajstić information content (AvgIpc) is 2.40. The molecule has 0 aromatic heterocycles. The SMILES string of the molecule is CC1CCC(NC(=O)c2cc(Cl)cc(Cl)c2)(C(N)=S)CC1. The van der Waals surface area contributed by atoms with Crippen molar-refractivity contribution < 1.29 is 4.79 Å². The standard InChI is InChI=1S/C15H18Cl2N2OS/c1-9-2-4-15(5-3-9,14(18)21)19-13(20)10-6-11(16)8-12(17)7-10/h6-9H,2-5H2,1H3,(H2,18,21)(H,19,20). The molecule has 1 aliphatic rings. The number of halogens is 2. The van der Waals surface area contributed by atoms with Crippen molar-refractivity contribution in [3.05, 3.63) is 33.8 Å². The molecule has 1 fully saturated rings. The molecule has 114 valence electrons. The maximum Gasteiger partial charge on any atom is 0.252 e. The molecule has 0 atom stereocenters. The van der Waals surface area contributed by atoms with Crippen LogP contribution in [-0.4, -0.2) is 16.4 Å². The molecule has 1 aliphatic carbocycles. The molecule has 0 spiro atoms. The third-order valence-electron chi connectivity index (χ3n) is 4.08. The maximum absolute atomic E-state index is 12.5. The van der Waals surface area contributed by atoms with Crippen molar-refractivity contribution in [1.82, 2.24) is 5.32 Å². The molecule has 0 bridgehead atoms. The molecule has 0 aliphatic heterocycles. The summed E-state index contributed by atoms with van der Waals surface area (Å²) in [7, 11) is 0. The summed E-state index contributed by atoms with van der Waals surface area (Å²) in [6.45, 7) is 2.20. The molecule has 3 nitrogen and oxygen atoms in total. The van der Waals surface area contributed by atoms with Crippen LogP contribution in [0.1, 0.15) is 43.0 Å². The number of nitrogens with one attached hydrogen (secondary N) is 1. The second-order valence-corrected chi connectivity index (χ2v) is 7.05. The van der Waals surface area contributed by atoms with Gasteiger partial charge < -0.3 is 11.1 Å². The zero-order valence-electron chi connectivity index (χ0n) is 11.8. The molecule has 1 aromatic rings. The number of hydrogen-bond acceptors (Lipinski definition) is 2. The highest BCUT2D eigenvalue weighted by atomic mass is 35.5. The summed E-state index contributed by atoms with van der Waals surface area (Å²) in [6, 6.07) is 4.76. The predicted molar refractivity (Wildman–Crippen MR) is 91.1 cm³/mol. The van der Waals surface area contributed by atoms with Gasteiger partial charge in [0.25, 0.3) is 5.91 Å². The lowest BCUT2D eigenvalue weighted by Crippen LogP contribution is -2.58. The molecule has 1 aromatic carbocycles. The Morgan fingerprint density at radius 2 is 1.81 bits per heavy atom. The summed E-state index contributed by atoms with van der Waals surface area (Å²) in [5.41, 5.74) is 5.71. The molecule has 0 saturated heterocycles. The summed E-state index contributed by atoms with van der Waals surface area (Å²) < 4.78 is 0. The van der Waals surface area contributed by atoms with Crippen LogP contribution >= 0.6 is 35.4 Å². The van der Waals surface area contributed by atoms with Gasteiger partial charge in [-0.15, -0.1) is 0 Å². The Labute approximate surface area is 140 Å². The Hall–Kier alpha value is -0.840. The minimum atomic E-state index is -0.603. The first-order chi connectivity index (χ1) is 9.82. The molecule has 6 heteroatoms. The topological polar surface area (TPSA) is 55.1 Å². The summed E-state index contributed by atoms with van der Waals surface area (Å²) in [5, 5.41) is 3.85. The average molecular weight is 345 g/mol. The van der Waals surface area contributed by atoms with Crippen LogP contribution in [0.2, 0.25) is 10.0 Å². The van der Waals surface area contributed by atoms with Crippen molar-refractivity contribution in [2.75, 3.05) is 0 Å². The van der Waals surface area contributed by atoms with Gasteiger partial charge in [-0.3, -0.25) is 4.79 Å². The minimum absolute atomic E-state index is 0.248. The number of thiocarbonyl (C=S) groups is 1. The van der Waals surface area contributed by atoms with Crippen LogP contribution in [0.3, 0.4) is 0 Å². The highest BCUT2D eigenvalue weighted by molar-refractivity contribution is 7.80. The van der Waals surface area contributed by atoms with Crippen molar-refractivity contribution in [3.63, 3.8) is 0 Å². The lowest BCUT2D eigenvalue weighted by atomic mass is 9.77. The Bertz CT molecular complexity index is 549. The smallest absolute Gasteiger partial charge is 0.252 e. The lowest BCUT2D eigenvalue weighted by molar-refractivity contribution is 0.0900. The third-order valence-corrected chi connectivity index (χ3v) is 4.90. The van der Waals surface area contributed by atoms with Crippen LogP contribution in [0, 0.1) is 5.92 Å². The van der Waals surface area contributed by atoms with E-state index in [-0.39, 0.29) is 5.91 Å². The maximum atomic E-state index is 12.5. The molecular formula is C15H18Cl2N2OS. The predicted octanol–water partition coefficient (Wildman–Crippen LogP) is 3.96. The van der Waals surface area contributed by atoms with Gasteiger partial charge in [-0.2, -0.15) is 0 Å². The summed E-state index contributed by atoms with van der Waals surface area (Å²) in [6.07, 6.45) is 3.52. The summed E-state index contributed by atoms with van der Waals surface area (Å²) in [5.74, 6) is 0.381. The number of carbonyl (C=O) groups excluding carboxylic acids is 1. The van der Waals surface area contributed by atoms with Crippen molar-refractivity contribution in [1.29, 1.82) is 0 Å². The van der Waals surface area contributed by atoms with Crippen LogP contribution < -0.4 is 11.1 Å². The van der Waals surface area contributed by atoms with Gasteiger partial charge in [-0.1, -0.05) is 42.3 Å². The van der Waals surface area contributed by atoms with E-state index in [9.17, 15) is 4.79 Å². The quantitative estimate of drug-likeness (QED) is 0.816. The fourth-order valence-electron chi connectivity index (χ4n) is 2.66.